The Kier molecular flexibility index (Phi) is 6.41. The van der Waals surface area contributed by atoms with Crippen molar-refractivity contribution in [2.75, 3.05) is 12.0 Å². The molecule has 0 saturated heterocycles. The summed E-state index contributed by atoms with van der Waals surface area (Å²) in [5, 5.41) is 4.45. The molecule has 6 heteroatoms. The molecule has 0 aliphatic carbocycles. The van der Waals surface area contributed by atoms with Gasteiger partial charge in [-0.3, -0.25) is 9.59 Å². The summed E-state index contributed by atoms with van der Waals surface area (Å²) in [5.41, 5.74) is 2.72. The average Bonchev–Trinajstić information content (AvgIpc) is 2.85. The van der Waals surface area contributed by atoms with Gasteiger partial charge in [0.2, 0.25) is 5.91 Å². The number of amides is 1. The highest BCUT2D eigenvalue weighted by Gasteiger charge is 2.18. The van der Waals surface area contributed by atoms with Gasteiger partial charge >= 0.3 is 0 Å². The molecule has 1 amide bonds. The molecule has 1 heterocycles. The number of nitrogens with zero attached hydrogens (tertiary/aromatic N) is 3. The van der Waals surface area contributed by atoms with Gasteiger partial charge in [0, 0.05) is 17.3 Å². The molecular formula is C26H23N3O3. The van der Waals surface area contributed by atoms with E-state index in [1.165, 1.54) is 10.7 Å². The Balaban J connectivity index is 1.65. The van der Waals surface area contributed by atoms with Crippen LogP contribution in [0.3, 0.4) is 0 Å². The van der Waals surface area contributed by atoms with Crippen molar-refractivity contribution >= 4 is 11.6 Å². The van der Waals surface area contributed by atoms with Crippen LogP contribution in [0.5, 0.6) is 5.75 Å². The summed E-state index contributed by atoms with van der Waals surface area (Å²) in [6, 6.07) is 29.7. The highest BCUT2D eigenvalue weighted by Crippen LogP contribution is 2.27. The quantitative estimate of drug-likeness (QED) is 0.446. The molecule has 0 bridgehead atoms. The number of methoxy groups -OCH3 is 1. The Morgan fingerprint density at radius 1 is 0.875 bits per heavy atom. The number of carbonyl (C=O) groups is 1. The largest absolute Gasteiger partial charge is 0.496 e. The molecule has 0 radical (unpaired) electrons. The second-order valence-electron chi connectivity index (χ2n) is 7.22. The highest BCUT2D eigenvalue weighted by molar-refractivity contribution is 5.93. The number of rotatable bonds is 7. The molecule has 0 N–H and O–H groups in total. The molecule has 0 saturated carbocycles. The number of ether oxygens (including phenoxy) is 1. The summed E-state index contributed by atoms with van der Waals surface area (Å²) >= 11 is 0. The van der Waals surface area contributed by atoms with Gasteiger partial charge in [-0.05, 0) is 35.9 Å². The maximum absolute atomic E-state index is 13.3. The average molecular weight is 425 g/mol. The minimum Gasteiger partial charge on any atom is -0.496 e. The minimum atomic E-state index is -0.343. The zero-order valence-electron chi connectivity index (χ0n) is 17.7. The fraction of sp³-hybridized carbons (Fsp3) is 0.115. The standard InChI is InChI=1S/C26H23N3O3/c1-32-24-15-9-8-14-22(24)23-16-17-25(30)29(27-23)19-26(31)28(21-12-6-3-7-13-21)18-20-10-4-2-5-11-20/h2-17H,18-19H2,1H3. The van der Waals surface area contributed by atoms with E-state index in [0.717, 1.165) is 16.8 Å². The number of hydrogen-bond acceptors (Lipinski definition) is 4. The van der Waals surface area contributed by atoms with Crippen molar-refractivity contribution in [2.24, 2.45) is 0 Å². The normalized spacial score (nSPS) is 10.5. The molecule has 0 spiro atoms. The van der Waals surface area contributed by atoms with Crippen LogP contribution in [-0.4, -0.2) is 22.8 Å². The van der Waals surface area contributed by atoms with E-state index in [-0.39, 0.29) is 18.0 Å². The van der Waals surface area contributed by atoms with Crippen LogP contribution in [0.2, 0.25) is 0 Å². The van der Waals surface area contributed by atoms with Gasteiger partial charge in [0.15, 0.2) is 0 Å². The topological polar surface area (TPSA) is 64.4 Å². The highest BCUT2D eigenvalue weighted by atomic mass is 16.5. The van der Waals surface area contributed by atoms with Crippen molar-refractivity contribution in [3.05, 3.63) is 113 Å². The van der Waals surface area contributed by atoms with Crippen molar-refractivity contribution < 1.29 is 9.53 Å². The second-order valence-corrected chi connectivity index (χ2v) is 7.22. The van der Waals surface area contributed by atoms with E-state index in [4.69, 9.17) is 4.74 Å². The van der Waals surface area contributed by atoms with E-state index in [1.54, 1.807) is 18.1 Å². The van der Waals surface area contributed by atoms with Gasteiger partial charge in [0.1, 0.15) is 12.3 Å². The molecule has 6 nitrogen and oxygen atoms in total. The number of hydrogen-bond donors (Lipinski definition) is 0. The molecule has 0 fully saturated rings. The van der Waals surface area contributed by atoms with Crippen LogP contribution >= 0.6 is 0 Å². The van der Waals surface area contributed by atoms with Crippen LogP contribution in [0.1, 0.15) is 5.56 Å². The Morgan fingerprint density at radius 3 is 2.25 bits per heavy atom. The van der Waals surface area contributed by atoms with Crippen molar-refractivity contribution in [1.29, 1.82) is 0 Å². The van der Waals surface area contributed by atoms with Gasteiger partial charge in [-0.2, -0.15) is 5.10 Å². The van der Waals surface area contributed by atoms with E-state index >= 15 is 0 Å². The molecule has 0 unspecified atom stereocenters. The Labute approximate surface area is 186 Å². The third-order valence-electron chi connectivity index (χ3n) is 5.09. The molecule has 4 rings (SSSR count). The number of aromatic nitrogens is 2. The Morgan fingerprint density at radius 2 is 1.53 bits per heavy atom. The molecule has 4 aromatic rings. The molecular weight excluding hydrogens is 402 g/mol. The minimum absolute atomic E-state index is 0.177. The lowest BCUT2D eigenvalue weighted by Crippen LogP contribution is -2.37. The maximum Gasteiger partial charge on any atom is 0.267 e. The van der Waals surface area contributed by atoms with Crippen molar-refractivity contribution in [2.45, 2.75) is 13.1 Å². The van der Waals surface area contributed by atoms with Crippen molar-refractivity contribution in [1.82, 2.24) is 9.78 Å². The second kappa shape index (κ2) is 9.75. The van der Waals surface area contributed by atoms with Gasteiger partial charge in [-0.15, -0.1) is 0 Å². The molecule has 3 aromatic carbocycles. The lowest BCUT2D eigenvalue weighted by atomic mass is 10.1. The molecule has 0 atom stereocenters. The first-order chi connectivity index (χ1) is 15.7. The van der Waals surface area contributed by atoms with Crippen LogP contribution in [0.25, 0.3) is 11.3 Å². The summed E-state index contributed by atoms with van der Waals surface area (Å²) in [6.45, 7) is 0.216. The van der Waals surface area contributed by atoms with Crippen LogP contribution in [0.4, 0.5) is 5.69 Å². The first-order valence-electron chi connectivity index (χ1n) is 10.3. The van der Waals surface area contributed by atoms with E-state index in [1.807, 2.05) is 84.9 Å². The van der Waals surface area contributed by atoms with E-state index in [9.17, 15) is 9.59 Å². The Hall–Kier alpha value is -4.19. The summed E-state index contributed by atoms with van der Waals surface area (Å²) in [6.07, 6.45) is 0. The summed E-state index contributed by atoms with van der Waals surface area (Å²) in [7, 11) is 1.58. The molecule has 0 aliphatic heterocycles. The van der Waals surface area contributed by atoms with E-state index < -0.39 is 0 Å². The number of benzene rings is 3. The summed E-state index contributed by atoms with van der Waals surface area (Å²) in [5.74, 6) is 0.415. The molecule has 0 aliphatic rings. The maximum atomic E-state index is 13.3. The molecule has 1 aromatic heterocycles. The van der Waals surface area contributed by atoms with Crippen LogP contribution in [0.15, 0.2) is 102 Å². The third kappa shape index (κ3) is 4.75. The zero-order valence-corrected chi connectivity index (χ0v) is 17.7. The number of para-hydroxylation sites is 2. The van der Waals surface area contributed by atoms with Crippen LogP contribution in [-0.2, 0) is 17.9 Å². The predicted octanol–water partition coefficient (Wildman–Crippen LogP) is 4.15. The first-order valence-corrected chi connectivity index (χ1v) is 10.3. The van der Waals surface area contributed by atoms with Gasteiger partial charge in [0.05, 0.1) is 19.3 Å². The summed E-state index contributed by atoms with van der Waals surface area (Å²) < 4.78 is 6.61. The smallest absolute Gasteiger partial charge is 0.267 e. The SMILES string of the molecule is COc1ccccc1-c1ccc(=O)n(CC(=O)N(Cc2ccccc2)c2ccccc2)n1. The lowest BCUT2D eigenvalue weighted by Gasteiger charge is -2.23. The number of carbonyl (C=O) groups excluding carboxylic acids is 1. The van der Waals surface area contributed by atoms with Crippen LogP contribution < -0.4 is 15.2 Å². The summed E-state index contributed by atoms with van der Waals surface area (Å²) in [4.78, 5) is 27.5. The van der Waals surface area contributed by atoms with Crippen molar-refractivity contribution in [3.8, 4) is 17.0 Å². The predicted molar refractivity (Wildman–Crippen MR) is 125 cm³/mol. The zero-order chi connectivity index (χ0) is 22.3. The van der Waals surface area contributed by atoms with Gasteiger partial charge in [-0.25, -0.2) is 4.68 Å². The van der Waals surface area contributed by atoms with E-state index in [2.05, 4.69) is 5.10 Å². The van der Waals surface area contributed by atoms with Crippen molar-refractivity contribution in [3.63, 3.8) is 0 Å². The lowest BCUT2D eigenvalue weighted by molar-refractivity contribution is -0.119. The monoisotopic (exact) mass is 425 g/mol. The number of anilines is 1. The molecule has 32 heavy (non-hydrogen) atoms. The van der Waals surface area contributed by atoms with E-state index in [0.29, 0.717) is 18.0 Å². The molecule has 160 valence electrons. The van der Waals surface area contributed by atoms with Crippen LogP contribution in [0, 0.1) is 0 Å². The Bertz CT molecular complexity index is 1250. The fourth-order valence-corrected chi connectivity index (χ4v) is 3.47. The van der Waals surface area contributed by atoms with Gasteiger partial charge in [-0.1, -0.05) is 60.7 Å². The van der Waals surface area contributed by atoms with Gasteiger partial charge in [0.25, 0.3) is 5.56 Å². The third-order valence-corrected chi connectivity index (χ3v) is 5.09. The van der Waals surface area contributed by atoms with Gasteiger partial charge < -0.3 is 9.64 Å². The fourth-order valence-electron chi connectivity index (χ4n) is 3.47. The first kappa shape index (κ1) is 21.1.